The molecule has 1 heterocycles. The van der Waals surface area contributed by atoms with Crippen LogP contribution in [0.25, 0.3) is 0 Å². The summed E-state index contributed by atoms with van der Waals surface area (Å²) in [5.74, 6) is -0.589. The number of nitrogens with two attached hydrogens (primary N) is 1. The zero-order valence-corrected chi connectivity index (χ0v) is 14.2. The molecule has 23 heavy (non-hydrogen) atoms. The average molecular weight is 339 g/mol. The van der Waals surface area contributed by atoms with Gasteiger partial charge in [-0.05, 0) is 24.6 Å². The van der Waals surface area contributed by atoms with Gasteiger partial charge in [-0.2, -0.15) is 0 Å². The summed E-state index contributed by atoms with van der Waals surface area (Å²) < 4.78 is 22.9. The van der Waals surface area contributed by atoms with Crippen molar-refractivity contribution in [2.24, 2.45) is 11.1 Å². The highest BCUT2D eigenvalue weighted by Gasteiger charge is 2.37. The van der Waals surface area contributed by atoms with Gasteiger partial charge in [-0.3, -0.25) is 9.59 Å². The van der Waals surface area contributed by atoms with Gasteiger partial charge in [0, 0.05) is 30.3 Å². The van der Waals surface area contributed by atoms with Gasteiger partial charge in [0.1, 0.15) is 5.25 Å². The summed E-state index contributed by atoms with van der Waals surface area (Å²) in [5, 5.41) is 7.02. The Morgan fingerprint density at radius 2 is 2.04 bits per heavy atom. The number of sulfonamides is 1. The molecule has 0 aromatic heterocycles. The van der Waals surface area contributed by atoms with Crippen molar-refractivity contribution >= 4 is 33.2 Å². The number of rotatable bonds is 4. The van der Waals surface area contributed by atoms with Crippen LogP contribution in [-0.4, -0.2) is 32.0 Å². The number of carbonyl (C=O) groups is 2. The number of aryl methyl sites for hydroxylation is 1. The lowest BCUT2D eigenvalue weighted by Crippen LogP contribution is -2.32. The minimum atomic E-state index is -3.76. The van der Waals surface area contributed by atoms with E-state index in [-0.39, 0.29) is 30.7 Å². The molecule has 0 aliphatic carbocycles. The summed E-state index contributed by atoms with van der Waals surface area (Å²) >= 11 is 0. The molecule has 2 amide bonds. The first-order valence-electron chi connectivity index (χ1n) is 7.33. The predicted molar refractivity (Wildman–Crippen MR) is 88.5 cm³/mol. The Kier molecular flexibility index (Phi) is 4.76. The summed E-state index contributed by atoms with van der Waals surface area (Å²) in [6.07, 6.45) is -0.124. The molecular weight excluding hydrogens is 318 g/mol. The Hall–Kier alpha value is -1.93. The molecule has 1 fully saturated rings. The van der Waals surface area contributed by atoms with Crippen molar-refractivity contribution in [1.29, 1.82) is 0 Å². The molecule has 1 aromatic rings. The number of nitrogens with zero attached hydrogens (tertiary/aromatic N) is 1. The van der Waals surface area contributed by atoms with E-state index in [1.165, 1.54) is 4.90 Å². The Bertz CT molecular complexity index is 743. The Labute approximate surface area is 135 Å². The Morgan fingerprint density at radius 1 is 1.39 bits per heavy atom. The van der Waals surface area contributed by atoms with E-state index in [1.807, 2.05) is 6.92 Å². The van der Waals surface area contributed by atoms with Gasteiger partial charge in [0.25, 0.3) is 0 Å². The largest absolute Gasteiger partial charge is 0.326 e. The van der Waals surface area contributed by atoms with Crippen LogP contribution in [0.15, 0.2) is 18.2 Å². The first-order chi connectivity index (χ1) is 10.6. The predicted octanol–water partition coefficient (Wildman–Crippen LogP) is 0.983. The standard InChI is InChI=1S/C15H21N3O4S/c1-9(2)15(20)17-11-5-4-10(3)13(6-11)18-8-12(7-14(18)19)23(16,21)22/h4-6,9,12H,7-8H2,1-3H3,(H,17,20)(H2,16,21,22). The van der Waals surface area contributed by atoms with Crippen LogP contribution in [0.2, 0.25) is 0 Å². The van der Waals surface area contributed by atoms with Gasteiger partial charge in [-0.15, -0.1) is 0 Å². The smallest absolute Gasteiger partial charge is 0.228 e. The number of carbonyl (C=O) groups excluding carboxylic acids is 2. The van der Waals surface area contributed by atoms with Gasteiger partial charge < -0.3 is 10.2 Å². The van der Waals surface area contributed by atoms with Crippen LogP contribution < -0.4 is 15.4 Å². The van der Waals surface area contributed by atoms with Crippen molar-refractivity contribution in [2.75, 3.05) is 16.8 Å². The molecule has 3 N–H and O–H groups in total. The van der Waals surface area contributed by atoms with Crippen molar-refractivity contribution in [3.63, 3.8) is 0 Å². The maximum Gasteiger partial charge on any atom is 0.228 e. The highest BCUT2D eigenvalue weighted by Crippen LogP contribution is 2.29. The summed E-state index contributed by atoms with van der Waals surface area (Å²) in [6, 6.07) is 5.21. The highest BCUT2D eigenvalue weighted by molar-refractivity contribution is 7.89. The van der Waals surface area contributed by atoms with Crippen LogP contribution in [0.3, 0.4) is 0 Å². The molecule has 0 spiro atoms. The lowest BCUT2D eigenvalue weighted by atomic mass is 10.1. The van der Waals surface area contributed by atoms with Crippen LogP contribution >= 0.6 is 0 Å². The van der Waals surface area contributed by atoms with E-state index in [1.54, 1.807) is 32.0 Å². The average Bonchev–Trinajstić information content (AvgIpc) is 2.82. The minimum absolute atomic E-state index is 0.0279. The molecular formula is C15H21N3O4S. The van der Waals surface area contributed by atoms with Gasteiger partial charge >= 0.3 is 0 Å². The summed E-state index contributed by atoms with van der Waals surface area (Å²) in [5.41, 5.74) is 1.97. The third-order valence-electron chi connectivity index (χ3n) is 3.85. The fourth-order valence-corrected chi connectivity index (χ4v) is 3.12. The van der Waals surface area contributed by atoms with Gasteiger partial charge in [0.15, 0.2) is 0 Å². The second-order valence-corrected chi connectivity index (χ2v) is 7.91. The topological polar surface area (TPSA) is 110 Å². The quantitative estimate of drug-likeness (QED) is 0.852. The van der Waals surface area contributed by atoms with Crippen LogP contribution in [0.1, 0.15) is 25.8 Å². The molecule has 7 nitrogen and oxygen atoms in total. The molecule has 1 aliphatic heterocycles. The highest BCUT2D eigenvalue weighted by atomic mass is 32.2. The van der Waals surface area contributed by atoms with Crippen LogP contribution in [0.4, 0.5) is 11.4 Å². The van der Waals surface area contributed by atoms with Crippen molar-refractivity contribution in [3.05, 3.63) is 23.8 Å². The second kappa shape index (κ2) is 6.29. The zero-order valence-electron chi connectivity index (χ0n) is 13.4. The second-order valence-electron chi connectivity index (χ2n) is 6.06. The number of nitrogens with one attached hydrogen (secondary N) is 1. The number of benzene rings is 1. The van der Waals surface area contributed by atoms with E-state index in [4.69, 9.17) is 5.14 Å². The molecule has 1 atom stereocenters. The molecule has 0 radical (unpaired) electrons. The number of amides is 2. The minimum Gasteiger partial charge on any atom is -0.326 e. The zero-order chi connectivity index (χ0) is 17.4. The normalized spacial score (nSPS) is 18.6. The van der Waals surface area contributed by atoms with E-state index in [9.17, 15) is 18.0 Å². The van der Waals surface area contributed by atoms with Crippen molar-refractivity contribution < 1.29 is 18.0 Å². The van der Waals surface area contributed by atoms with E-state index >= 15 is 0 Å². The lowest BCUT2D eigenvalue weighted by molar-refractivity contribution is -0.119. The molecule has 0 bridgehead atoms. The monoisotopic (exact) mass is 339 g/mol. The van der Waals surface area contributed by atoms with Crippen LogP contribution in [-0.2, 0) is 19.6 Å². The summed E-state index contributed by atoms with van der Waals surface area (Å²) in [6.45, 7) is 5.41. The summed E-state index contributed by atoms with van der Waals surface area (Å²) in [7, 11) is -3.76. The molecule has 0 saturated carbocycles. The first-order valence-corrected chi connectivity index (χ1v) is 8.94. The first kappa shape index (κ1) is 17.4. The molecule has 1 aliphatic rings. The molecule has 8 heteroatoms. The van der Waals surface area contributed by atoms with Crippen molar-refractivity contribution in [3.8, 4) is 0 Å². The van der Waals surface area contributed by atoms with Gasteiger partial charge in [-0.25, -0.2) is 13.6 Å². The Morgan fingerprint density at radius 3 is 2.57 bits per heavy atom. The fourth-order valence-electron chi connectivity index (χ4n) is 2.39. The summed E-state index contributed by atoms with van der Waals surface area (Å²) in [4.78, 5) is 25.3. The van der Waals surface area contributed by atoms with Crippen LogP contribution in [0, 0.1) is 12.8 Å². The SMILES string of the molecule is Cc1ccc(NC(=O)C(C)C)cc1N1CC(S(N)(=O)=O)CC1=O. The van der Waals surface area contributed by atoms with Crippen molar-refractivity contribution in [2.45, 2.75) is 32.4 Å². The Balaban J connectivity index is 2.29. The fraction of sp³-hybridized carbons (Fsp3) is 0.467. The van der Waals surface area contributed by atoms with E-state index in [2.05, 4.69) is 5.32 Å². The van der Waals surface area contributed by atoms with Crippen LogP contribution in [0.5, 0.6) is 0 Å². The van der Waals surface area contributed by atoms with E-state index in [0.717, 1.165) is 5.56 Å². The van der Waals surface area contributed by atoms with E-state index in [0.29, 0.717) is 11.4 Å². The third-order valence-corrected chi connectivity index (χ3v) is 5.09. The molecule has 1 saturated heterocycles. The van der Waals surface area contributed by atoms with Gasteiger partial charge in [0.2, 0.25) is 21.8 Å². The number of hydrogen-bond acceptors (Lipinski definition) is 4. The van der Waals surface area contributed by atoms with E-state index < -0.39 is 15.3 Å². The van der Waals surface area contributed by atoms with Gasteiger partial charge in [0.05, 0.1) is 0 Å². The number of anilines is 2. The maximum absolute atomic E-state index is 12.1. The molecule has 126 valence electrons. The number of hydrogen-bond donors (Lipinski definition) is 2. The molecule has 2 rings (SSSR count). The molecule has 1 aromatic carbocycles. The number of primary sulfonamides is 1. The van der Waals surface area contributed by atoms with Crippen molar-refractivity contribution in [1.82, 2.24) is 0 Å². The third kappa shape index (κ3) is 3.89. The maximum atomic E-state index is 12.1. The lowest BCUT2D eigenvalue weighted by Gasteiger charge is -2.20. The molecule has 1 unspecified atom stereocenters. The van der Waals surface area contributed by atoms with Gasteiger partial charge in [-0.1, -0.05) is 19.9 Å².